The summed E-state index contributed by atoms with van der Waals surface area (Å²) in [5.74, 6) is 1.62. The highest BCUT2D eigenvalue weighted by molar-refractivity contribution is 5.43. The molecular weight excluding hydrogens is 304 g/mol. The van der Waals surface area contributed by atoms with Gasteiger partial charge in [0.25, 0.3) is 0 Å². The van der Waals surface area contributed by atoms with Crippen LogP contribution in [0.15, 0.2) is 18.2 Å². The lowest BCUT2D eigenvalue weighted by Gasteiger charge is -2.43. The van der Waals surface area contributed by atoms with E-state index in [0.29, 0.717) is 19.3 Å². The summed E-state index contributed by atoms with van der Waals surface area (Å²) >= 11 is 0. The van der Waals surface area contributed by atoms with Crippen LogP contribution in [-0.2, 0) is 0 Å². The molecule has 1 aliphatic heterocycles. The van der Waals surface area contributed by atoms with Gasteiger partial charge in [0.2, 0.25) is 0 Å². The fourth-order valence-electron chi connectivity index (χ4n) is 3.51. The first-order chi connectivity index (χ1) is 11.6. The number of aliphatic hydroxyl groups excluding tert-OH is 1. The lowest BCUT2D eigenvalue weighted by molar-refractivity contribution is 0.0260. The van der Waals surface area contributed by atoms with Gasteiger partial charge in [-0.2, -0.15) is 0 Å². The van der Waals surface area contributed by atoms with Gasteiger partial charge in [-0.15, -0.1) is 0 Å². The minimum absolute atomic E-state index is 0.0452. The first-order valence-corrected chi connectivity index (χ1v) is 9.13. The van der Waals surface area contributed by atoms with Gasteiger partial charge in [0, 0.05) is 37.3 Å². The van der Waals surface area contributed by atoms with Crippen molar-refractivity contribution in [2.75, 3.05) is 46.0 Å². The molecule has 136 valence electrons. The van der Waals surface area contributed by atoms with E-state index in [9.17, 15) is 5.11 Å². The standard InChI is InChI=1S/C19H32N2O3/c1-5-20-10-11-21(15(4)13-20)18(14-22)17-9-8-16(23-6-2)12-19(17)24-7-3/h8-9,12,15,18,22H,5-7,10-11,13-14H2,1-4H3. The van der Waals surface area contributed by atoms with Crippen LogP contribution in [0.1, 0.15) is 39.3 Å². The fourth-order valence-corrected chi connectivity index (χ4v) is 3.51. The van der Waals surface area contributed by atoms with Crippen molar-refractivity contribution >= 4 is 0 Å². The van der Waals surface area contributed by atoms with Crippen molar-refractivity contribution in [3.8, 4) is 11.5 Å². The first-order valence-electron chi connectivity index (χ1n) is 9.13. The highest BCUT2D eigenvalue weighted by Gasteiger charge is 2.31. The van der Waals surface area contributed by atoms with Crippen LogP contribution in [0.5, 0.6) is 11.5 Å². The molecule has 2 atom stereocenters. The van der Waals surface area contributed by atoms with Crippen LogP contribution in [0.3, 0.4) is 0 Å². The summed E-state index contributed by atoms with van der Waals surface area (Å²) in [4.78, 5) is 4.85. The summed E-state index contributed by atoms with van der Waals surface area (Å²) < 4.78 is 11.4. The second-order valence-electron chi connectivity index (χ2n) is 6.24. The largest absolute Gasteiger partial charge is 0.494 e. The normalized spacial score (nSPS) is 20.8. The fraction of sp³-hybridized carbons (Fsp3) is 0.684. The van der Waals surface area contributed by atoms with E-state index in [1.807, 2.05) is 32.0 Å². The predicted molar refractivity (Wildman–Crippen MR) is 96.9 cm³/mol. The summed E-state index contributed by atoms with van der Waals surface area (Å²) in [6.45, 7) is 13.8. The maximum atomic E-state index is 10.1. The monoisotopic (exact) mass is 336 g/mol. The van der Waals surface area contributed by atoms with Gasteiger partial charge in [-0.25, -0.2) is 0 Å². The van der Waals surface area contributed by atoms with Crippen LogP contribution in [0.25, 0.3) is 0 Å². The maximum Gasteiger partial charge on any atom is 0.127 e. The minimum atomic E-state index is -0.0452. The molecule has 2 rings (SSSR count). The van der Waals surface area contributed by atoms with Gasteiger partial charge in [-0.1, -0.05) is 6.92 Å². The van der Waals surface area contributed by atoms with Crippen LogP contribution >= 0.6 is 0 Å². The summed E-state index contributed by atoms with van der Waals surface area (Å²) in [6, 6.07) is 6.30. The number of piperazine rings is 1. The van der Waals surface area contributed by atoms with E-state index in [0.717, 1.165) is 43.2 Å². The first kappa shape index (κ1) is 19.0. The number of rotatable bonds is 8. The molecule has 0 saturated carbocycles. The van der Waals surface area contributed by atoms with E-state index >= 15 is 0 Å². The molecule has 1 N–H and O–H groups in total. The van der Waals surface area contributed by atoms with Crippen molar-refractivity contribution < 1.29 is 14.6 Å². The molecule has 0 radical (unpaired) electrons. The van der Waals surface area contributed by atoms with Gasteiger partial charge in [-0.05, 0) is 39.4 Å². The third kappa shape index (κ3) is 4.41. The van der Waals surface area contributed by atoms with E-state index in [4.69, 9.17) is 9.47 Å². The third-order valence-electron chi connectivity index (χ3n) is 4.74. The molecule has 1 saturated heterocycles. The summed E-state index contributed by atoms with van der Waals surface area (Å²) in [5.41, 5.74) is 1.04. The quantitative estimate of drug-likeness (QED) is 0.790. The molecule has 1 heterocycles. The van der Waals surface area contributed by atoms with Gasteiger partial charge in [0.05, 0.1) is 25.9 Å². The summed E-state index contributed by atoms with van der Waals surface area (Å²) in [6.07, 6.45) is 0. The van der Waals surface area contributed by atoms with Gasteiger partial charge < -0.3 is 19.5 Å². The smallest absolute Gasteiger partial charge is 0.127 e. The van der Waals surface area contributed by atoms with Crippen molar-refractivity contribution in [2.45, 2.75) is 39.8 Å². The Kier molecular flexibility index (Phi) is 7.34. The van der Waals surface area contributed by atoms with Gasteiger partial charge in [0.15, 0.2) is 0 Å². The molecule has 5 nitrogen and oxygen atoms in total. The molecule has 24 heavy (non-hydrogen) atoms. The van der Waals surface area contributed by atoms with Crippen LogP contribution in [0.2, 0.25) is 0 Å². The lowest BCUT2D eigenvalue weighted by atomic mass is 10.0. The second kappa shape index (κ2) is 9.25. The average molecular weight is 336 g/mol. The zero-order valence-electron chi connectivity index (χ0n) is 15.5. The van der Waals surface area contributed by atoms with Crippen LogP contribution in [0, 0.1) is 0 Å². The molecule has 1 aliphatic rings. The van der Waals surface area contributed by atoms with E-state index < -0.39 is 0 Å². The van der Waals surface area contributed by atoms with Gasteiger partial charge in [-0.3, -0.25) is 4.90 Å². The molecule has 1 aromatic rings. The number of aliphatic hydroxyl groups is 1. The van der Waals surface area contributed by atoms with Crippen LogP contribution < -0.4 is 9.47 Å². The number of hydrogen-bond donors (Lipinski definition) is 1. The molecule has 2 unspecified atom stereocenters. The Morgan fingerprint density at radius 1 is 1.17 bits per heavy atom. The zero-order chi connectivity index (χ0) is 17.5. The molecule has 1 aromatic carbocycles. The second-order valence-corrected chi connectivity index (χ2v) is 6.24. The Balaban J connectivity index is 2.25. The molecule has 0 amide bonds. The molecular formula is C19H32N2O3. The predicted octanol–water partition coefficient (Wildman–Crippen LogP) is 2.54. The van der Waals surface area contributed by atoms with E-state index in [1.54, 1.807) is 0 Å². The summed E-state index contributed by atoms with van der Waals surface area (Å²) in [5, 5.41) is 10.1. The number of likely N-dealkylation sites (N-methyl/N-ethyl adjacent to an activating group) is 1. The van der Waals surface area contributed by atoms with E-state index in [1.165, 1.54) is 0 Å². The topological polar surface area (TPSA) is 45.2 Å². The van der Waals surface area contributed by atoms with Crippen molar-refractivity contribution in [2.24, 2.45) is 0 Å². The summed E-state index contributed by atoms with van der Waals surface area (Å²) in [7, 11) is 0. The zero-order valence-corrected chi connectivity index (χ0v) is 15.5. The van der Waals surface area contributed by atoms with E-state index in [-0.39, 0.29) is 12.6 Å². The lowest BCUT2D eigenvalue weighted by Crippen LogP contribution is -2.53. The third-order valence-corrected chi connectivity index (χ3v) is 4.74. The highest BCUT2D eigenvalue weighted by Crippen LogP contribution is 2.34. The Labute approximate surface area is 146 Å². The number of benzene rings is 1. The molecule has 1 fully saturated rings. The molecule has 0 spiro atoms. The van der Waals surface area contributed by atoms with E-state index in [2.05, 4.69) is 23.6 Å². The van der Waals surface area contributed by atoms with Crippen LogP contribution in [0.4, 0.5) is 0 Å². The van der Waals surface area contributed by atoms with Crippen LogP contribution in [-0.4, -0.2) is 66.9 Å². The Morgan fingerprint density at radius 2 is 1.92 bits per heavy atom. The Hall–Kier alpha value is -1.30. The number of hydrogen-bond acceptors (Lipinski definition) is 5. The number of nitrogens with zero attached hydrogens (tertiary/aromatic N) is 2. The Morgan fingerprint density at radius 3 is 2.50 bits per heavy atom. The van der Waals surface area contributed by atoms with Crippen molar-refractivity contribution in [3.63, 3.8) is 0 Å². The molecule has 5 heteroatoms. The molecule has 0 bridgehead atoms. The Bertz CT molecular complexity index is 509. The van der Waals surface area contributed by atoms with Gasteiger partial charge >= 0.3 is 0 Å². The van der Waals surface area contributed by atoms with Crippen molar-refractivity contribution in [1.82, 2.24) is 9.80 Å². The minimum Gasteiger partial charge on any atom is -0.494 e. The van der Waals surface area contributed by atoms with Gasteiger partial charge in [0.1, 0.15) is 11.5 Å². The maximum absolute atomic E-state index is 10.1. The highest BCUT2D eigenvalue weighted by atomic mass is 16.5. The van der Waals surface area contributed by atoms with Crippen molar-refractivity contribution in [3.05, 3.63) is 23.8 Å². The molecule has 0 aromatic heterocycles. The SMILES string of the molecule is CCOc1ccc(C(CO)N2CCN(CC)CC2C)c(OCC)c1. The number of ether oxygens (including phenoxy) is 2. The molecule has 0 aliphatic carbocycles. The average Bonchev–Trinajstić information content (AvgIpc) is 2.59. The van der Waals surface area contributed by atoms with Crippen molar-refractivity contribution in [1.29, 1.82) is 0 Å².